The second-order valence-electron chi connectivity index (χ2n) is 6.12. The minimum atomic E-state index is -4.04. The molecule has 0 heterocycles. The van der Waals surface area contributed by atoms with Gasteiger partial charge in [-0.2, -0.15) is 0 Å². The Morgan fingerprint density at radius 1 is 1.00 bits per heavy atom. The molecule has 0 N–H and O–H groups in total. The van der Waals surface area contributed by atoms with Crippen molar-refractivity contribution in [2.75, 3.05) is 5.75 Å². The van der Waals surface area contributed by atoms with Crippen LogP contribution in [0.5, 0.6) is 0 Å². The molecule has 0 spiro atoms. The second-order valence-corrected chi connectivity index (χ2v) is 7.52. The molecule has 86 valence electrons. The zero-order valence-electron chi connectivity index (χ0n) is 9.81. The molecule has 0 aromatic heterocycles. The summed E-state index contributed by atoms with van der Waals surface area (Å²) in [4.78, 5) is 0. The van der Waals surface area contributed by atoms with Crippen LogP contribution in [0.4, 0.5) is 0 Å². The third-order valence-electron chi connectivity index (χ3n) is 4.65. The van der Waals surface area contributed by atoms with Gasteiger partial charge in [-0.3, -0.25) is 0 Å². The fourth-order valence-electron chi connectivity index (χ4n) is 4.84. The van der Waals surface area contributed by atoms with Gasteiger partial charge in [-0.05, 0) is 61.7 Å². The Balaban J connectivity index is 0.000000963. The van der Waals surface area contributed by atoms with Crippen LogP contribution in [-0.4, -0.2) is 18.7 Å². The van der Waals surface area contributed by atoms with Crippen molar-refractivity contribution < 1.29 is 64.4 Å². The maximum atomic E-state index is 11.0. The fraction of sp³-hybridized carbons (Fsp3) is 1.00. The van der Waals surface area contributed by atoms with Crippen LogP contribution in [0.15, 0.2) is 0 Å². The quantitative estimate of drug-likeness (QED) is 0.465. The summed E-state index contributed by atoms with van der Waals surface area (Å²) in [6, 6.07) is 0. The molecule has 4 saturated carbocycles. The van der Waals surface area contributed by atoms with Crippen LogP contribution in [-0.2, 0) is 10.1 Å². The average molecular weight is 268 g/mol. The Bertz CT molecular complexity index is 341. The van der Waals surface area contributed by atoms with Gasteiger partial charge in [-0.1, -0.05) is 0 Å². The van der Waals surface area contributed by atoms with Gasteiger partial charge >= 0.3 is 51.4 Å². The molecule has 3 nitrogen and oxygen atoms in total. The standard InChI is InChI=1S/C11H18O3S.K/c12-15(13,14)7-11-4-8-1-9(5-11)3-10(2-8)6-11;/h8-10H,1-7H2,(H,12,13,14);/q;+1/p-1. The van der Waals surface area contributed by atoms with Crippen LogP contribution >= 0.6 is 0 Å². The Morgan fingerprint density at radius 2 is 1.38 bits per heavy atom. The third kappa shape index (κ3) is 2.76. The van der Waals surface area contributed by atoms with E-state index < -0.39 is 10.1 Å². The zero-order chi connectivity index (χ0) is 10.7. The molecule has 0 aliphatic heterocycles. The maximum Gasteiger partial charge on any atom is 1.00 e. The van der Waals surface area contributed by atoms with E-state index in [-0.39, 0.29) is 62.6 Å². The van der Waals surface area contributed by atoms with E-state index in [2.05, 4.69) is 0 Å². The summed E-state index contributed by atoms with van der Waals surface area (Å²) in [5, 5.41) is 0. The van der Waals surface area contributed by atoms with Gasteiger partial charge in [0.15, 0.2) is 0 Å². The first-order chi connectivity index (χ1) is 6.94. The van der Waals surface area contributed by atoms with E-state index in [1.165, 1.54) is 19.3 Å². The Morgan fingerprint density at radius 3 is 1.69 bits per heavy atom. The first kappa shape index (κ1) is 14.0. The smallest absolute Gasteiger partial charge is 0.748 e. The summed E-state index contributed by atoms with van der Waals surface area (Å²) in [5.74, 6) is 2.07. The van der Waals surface area contributed by atoms with Crippen molar-refractivity contribution >= 4 is 10.1 Å². The average Bonchev–Trinajstić information content (AvgIpc) is 1.94. The van der Waals surface area contributed by atoms with Crippen LogP contribution in [0, 0.1) is 23.2 Å². The molecule has 4 bridgehead atoms. The largest absolute Gasteiger partial charge is 1.00 e. The Kier molecular flexibility index (Phi) is 4.00. The number of rotatable bonds is 2. The molecule has 0 atom stereocenters. The molecule has 0 unspecified atom stereocenters. The molecule has 4 rings (SSSR count). The van der Waals surface area contributed by atoms with E-state index in [9.17, 15) is 13.0 Å². The normalized spacial score (nSPS) is 45.4. The molecule has 0 radical (unpaired) electrons. The second kappa shape index (κ2) is 4.58. The Labute approximate surface area is 140 Å². The van der Waals surface area contributed by atoms with Gasteiger partial charge in [0.25, 0.3) is 0 Å². The number of hydrogen-bond acceptors (Lipinski definition) is 3. The van der Waals surface area contributed by atoms with Gasteiger partial charge in [0.2, 0.25) is 0 Å². The van der Waals surface area contributed by atoms with Crippen molar-refractivity contribution in [1.29, 1.82) is 0 Å². The molecule has 16 heavy (non-hydrogen) atoms. The maximum absolute atomic E-state index is 11.0. The van der Waals surface area contributed by atoms with E-state index in [1.54, 1.807) is 0 Å². The van der Waals surface area contributed by atoms with Crippen LogP contribution < -0.4 is 51.4 Å². The van der Waals surface area contributed by atoms with E-state index in [0.29, 0.717) is 0 Å². The zero-order valence-corrected chi connectivity index (χ0v) is 13.8. The monoisotopic (exact) mass is 268 g/mol. The predicted molar refractivity (Wildman–Crippen MR) is 55.2 cm³/mol. The molecule has 4 fully saturated rings. The van der Waals surface area contributed by atoms with E-state index >= 15 is 0 Å². The van der Waals surface area contributed by atoms with Crippen molar-refractivity contribution in [3.8, 4) is 0 Å². The number of hydrogen-bond donors (Lipinski definition) is 0. The van der Waals surface area contributed by atoms with Gasteiger partial charge in [0.1, 0.15) is 0 Å². The van der Waals surface area contributed by atoms with Crippen molar-refractivity contribution in [2.45, 2.75) is 38.5 Å². The van der Waals surface area contributed by atoms with Crippen LogP contribution in [0.3, 0.4) is 0 Å². The molecular weight excluding hydrogens is 251 g/mol. The summed E-state index contributed by atoms with van der Waals surface area (Å²) in [5.41, 5.74) is -0.116. The van der Waals surface area contributed by atoms with Crippen LogP contribution in [0.2, 0.25) is 0 Å². The summed E-state index contributed by atoms with van der Waals surface area (Å²) < 4.78 is 32.9. The van der Waals surface area contributed by atoms with E-state index in [4.69, 9.17) is 0 Å². The van der Waals surface area contributed by atoms with Gasteiger partial charge in [0.05, 0.1) is 10.1 Å². The van der Waals surface area contributed by atoms with Gasteiger partial charge in [-0.25, -0.2) is 8.42 Å². The third-order valence-corrected chi connectivity index (χ3v) is 5.61. The fourth-order valence-corrected chi connectivity index (χ4v) is 5.95. The SMILES string of the molecule is O=S(=O)([O-])CC12CC3CC(CC(C3)C1)C2.[K+]. The van der Waals surface area contributed by atoms with E-state index in [0.717, 1.165) is 37.0 Å². The van der Waals surface area contributed by atoms with Gasteiger partial charge < -0.3 is 4.55 Å². The van der Waals surface area contributed by atoms with E-state index in [1.807, 2.05) is 0 Å². The molecule has 0 saturated heterocycles. The van der Waals surface area contributed by atoms with Crippen LogP contribution in [0.25, 0.3) is 0 Å². The van der Waals surface area contributed by atoms with Crippen molar-refractivity contribution in [2.24, 2.45) is 23.2 Å². The summed E-state index contributed by atoms with van der Waals surface area (Å²) in [6.45, 7) is 0. The Hall–Kier alpha value is 1.55. The minimum absolute atomic E-state index is 0. The van der Waals surface area contributed by atoms with Crippen molar-refractivity contribution in [1.82, 2.24) is 0 Å². The van der Waals surface area contributed by atoms with Crippen molar-refractivity contribution in [3.63, 3.8) is 0 Å². The van der Waals surface area contributed by atoms with Gasteiger partial charge in [0, 0.05) is 5.75 Å². The van der Waals surface area contributed by atoms with Crippen molar-refractivity contribution in [3.05, 3.63) is 0 Å². The predicted octanol–water partition coefficient (Wildman–Crippen LogP) is -1.25. The minimum Gasteiger partial charge on any atom is -0.748 e. The molecule has 4 aliphatic carbocycles. The van der Waals surface area contributed by atoms with Gasteiger partial charge in [-0.15, -0.1) is 0 Å². The first-order valence-corrected chi connectivity index (χ1v) is 7.45. The molecule has 4 aliphatic rings. The molecule has 0 aromatic rings. The first-order valence-electron chi connectivity index (χ1n) is 5.88. The summed E-state index contributed by atoms with van der Waals surface area (Å²) in [6.07, 6.45) is 6.87. The molecule has 0 aromatic carbocycles. The molecule has 5 heteroatoms. The molecule has 0 amide bonds. The summed E-state index contributed by atoms with van der Waals surface area (Å²) >= 11 is 0. The van der Waals surface area contributed by atoms with Crippen LogP contribution in [0.1, 0.15) is 38.5 Å². The topological polar surface area (TPSA) is 57.2 Å². The summed E-state index contributed by atoms with van der Waals surface area (Å²) in [7, 11) is -4.04. The molecular formula is C11H17KO3S.